The van der Waals surface area contributed by atoms with Crippen LogP contribution in [0.3, 0.4) is 0 Å². The van der Waals surface area contributed by atoms with Crippen LogP contribution in [0.1, 0.15) is 0 Å². The Hall–Kier alpha value is -2.29. The standard InChI is InChI=1S/C20H14N2O4S.Na/c23-20-11-10-19(16-9-8-14(12-17(16)20)27(24,25)26)22-21-18-7-3-5-13-4-1-2-6-15(13)18;/h1-12,23H,(H,24,25,26);. The molecule has 0 spiro atoms. The van der Waals surface area contributed by atoms with Gasteiger partial charge in [0, 0.05) is 45.7 Å². The Balaban J connectivity index is 0.00000225. The van der Waals surface area contributed by atoms with Gasteiger partial charge in [0.1, 0.15) is 5.75 Å². The van der Waals surface area contributed by atoms with Crippen LogP contribution in [0, 0.1) is 0 Å². The van der Waals surface area contributed by atoms with E-state index in [9.17, 15) is 18.1 Å². The fraction of sp³-hybridized carbons (Fsp3) is 0. The van der Waals surface area contributed by atoms with Crippen LogP contribution in [0.15, 0.2) is 87.9 Å². The first-order chi connectivity index (χ1) is 12.9. The molecule has 0 fully saturated rings. The maximum absolute atomic E-state index is 11.3. The summed E-state index contributed by atoms with van der Waals surface area (Å²) >= 11 is 0. The summed E-state index contributed by atoms with van der Waals surface area (Å²) in [5, 5.41) is 21.5. The molecule has 0 aliphatic heterocycles. The first-order valence-electron chi connectivity index (χ1n) is 8.06. The fourth-order valence-corrected chi connectivity index (χ4v) is 3.45. The number of aromatic hydroxyl groups is 1. The molecule has 0 saturated heterocycles. The van der Waals surface area contributed by atoms with Crippen LogP contribution in [0.5, 0.6) is 5.75 Å². The molecule has 1 radical (unpaired) electrons. The van der Waals surface area contributed by atoms with Crippen LogP contribution in [-0.4, -0.2) is 47.6 Å². The molecule has 2 N–H and O–H groups in total. The molecule has 0 heterocycles. The smallest absolute Gasteiger partial charge is 0.294 e. The summed E-state index contributed by atoms with van der Waals surface area (Å²) in [7, 11) is -4.37. The van der Waals surface area contributed by atoms with Gasteiger partial charge in [0.05, 0.1) is 16.3 Å². The number of nitrogens with zero attached hydrogens (tertiary/aromatic N) is 2. The minimum Gasteiger partial charge on any atom is -0.507 e. The Morgan fingerprint density at radius 1 is 0.714 bits per heavy atom. The van der Waals surface area contributed by atoms with Crippen molar-refractivity contribution in [2.45, 2.75) is 4.90 Å². The molecule has 0 bridgehead atoms. The topological polar surface area (TPSA) is 99.3 Å². The summed E-state index contributed by atoms with van der Waals surface area (Å²) in [5.74, 6) is -0.111. The van der Waals surface area contributed by atoms with Gasteiger partial charge in [0.2, 0.25) is 0 Å². The third-order valence-corrected chi connectivity index (χ3v) is 5.12. The van der Waals surface area contributed by atoms with Crippen molar-refractivity contribution < 1.29 is 18.1 Å². The molecule has 0 saturated carbocycles. The summed E-state index contributed by atoms with van der Waals surface area (Å²) in [6.45, 7) is 0. The minimum absolute atomic E-state index is 0. The summed E-state index contributed by atoms with van der Waals surface area (Å²) in [6.07, 6.45) is 0. The van der Waals surface area contributed by atoms with Gasteiger partial charge in [0.25, 0.3) is 10.1 Å². The van der Waals surface area contributed by atoms with Crippen LogP contribution < -0.4 is 0 Å². The van der Waals surface area contributed by atoms with E-state index in [1.165, 1.54) is 24.3 Å². The second-order valence-corrected chi connectivity index (χ2v) is 7.41. The number of benzene rings is 4. The van der Waals surface area contributed by atoms with Crippen molar-refractivity contribution in [3.63, 3.8) is 0 Å². The molecule has 6 nitrogen and oxygen atoms in total. The zero-order chi connectivity index (χ0) is 19.0. The number of hydrogen-bond donors (Lipinski definition) is 2. The van der Waals surface area contributed by atoms with Crippen LogP contribution in [0.25, 0.3) is 21.5 Å². The van der Waals surface area contributed by atoms with Crippen molar-refractivity contribution in [1.29, 1.82) is 0 Å². The monoisotopic (exact) mass is 401 g/mol. The maximum atomic E-state index is 11.3. The van der Waals surface area contributed by atoms with Gasteiger partial charge >= 0.3 is 0 Å². The Morgan fingerprint density at radius 3 is 2.14 bits per heavy atom. The van der Waals surface area contributed by atoms with E-state index < -0.39 is 10.1 Å². The molecular weight excluding hydrogens is 387 g/mol. The molecule has 4 rings (SSSR count). The number of fused-ring (bicyclic) bond motifs is 2. The molecule has 0 atom stereocenters. The van der Waals surface area contributed by atoms with E-state index in [-0.39, 0.29) is 45.6 Å². The van der Waals surface area contributed by atoms with Gasteiger partial charge in [-0.2, -0.15) is 8.42 Å². The van der Waals surface area contributed by atoms with Gasteiger partial charge in [-0.1, -0.05) is 42.5 Å². The predicted octanol–water partition coefficient (Wildman–Crippen LogP) is 4.98. The maximum Gasteiger partial charge on any atom is 0.294 e. The Labute approximate surface area is 183 Å². The first-order valence-corrected chi connectivity index (χ1v) is 9.50. The van der Waals surface area contributed by atoms with Crippen molar-refractivity contribution in [3.05, 3.63) is 72.8 Å². The van der Waals surface area contributed by atoms with E-state index >= 15 is 0 Å². The second-order valence-electron chi connectivity index (χ2n) is 5.98. The molecule has 0 aliphatic carbocycles. The molecule has 135 valence electrons. The third-order valence-electron chi connectivity index (χ3n) is 4.27. The van der Waals surface area contributed by atoms with Crippen molar-refractivity contribution in [3.8, 4) is 5.75 Å². The van der Waals surface area contributed by atoms with E-state index in [1.807, 2.05) is 42.5 Å². The van der Waals surface area contributed by atoms with Crippen molar-refractivity contribution in [2.75, 3.05) is 0 Å². The zero-order valence-corrected chi connectivity index (χ0v) is 17.8. The molecule has 8 heteroatoms. The first kappa shape index (κ1) is 20.4. The van der Waals surface area contributed by atoms with Gasteiger partial charge in [-0.05, 0) is 35.7 Å². The molecule has 0 unspecified atom stereocenters. The molecule has 0 amide bonds. The number of azo groups is 1. The van der Waals surface area contributed by atoms with Crippen molar-refractivity contribution in [1.82, 2.24) is 0 Å². The third kappa shape index (κ3) is 3.94. The van der Waals surface area contributed by atoms with Crippen LogP contribution in [-0.2, 0) is 10.1 Å². The minimum atomic E-state index is -4.37. The summed E-state index contributed by atoms with van der Waals surface area (Å²) in [5.41, 5.74) is 1.17. The number of hydrogen-bond acceptors (Lipinski definition) is 5. The molecule has 4 aromatic rings. The normalized spacial score (nSPS) is 11.8. The number of phenols is 1. The number of phenolic OH excluding ortho intramolecular Hbond substituents is 1. The Bertz CT molecular complexity index is 1320. The zero-order valence-electron chi connectivity index (χ0n) is 14.9. The van der Waals surface area contributed by atoms with E-state index in [1.54, 1.807) is 6.07 Å². The van der Waals surface area contributed by atoms with Gasteiger partial charge in [-0.25, -0.2) is 0 Å². The molecule has 4 aromatic carbocycles. The summed E-state index contributed by atoms with van der Waals surface area (Å²) in [6, 6.07) is 20.5. The average molecular weight is 401 g/mol. The van der Waals surface area contributed by atoms with Crippen molar-refractivity contribution in [2.24, 2.45) is 10.2 Å². The quantitative estimate of drug-likeness (QED) is 0.287. The predicted molar refractivity (Wildman–Crippen MR) is 109 cm³/mol. The summed E-state index contributed by atoms with van der Waals surface area (Å²) < 4.78 is 31.9. The number of rotatable bonds is 3. The Kier molecular flexibility index (Phi) is 5.83. The van der Waals surface area contributed by atoms with Crippen LogP contribution >= 0.6 is 0 Å². The fourth-order valence-electron chi connectivity index (χ4n) is 2.95. The van der Waals surface area contributed by atoms with E-state index in [4.69, 9.17) is 0 Å². The molecule has 0 aromatic heterocycles. The molecule has 0 aliphatic rings. The van der Waals surface area contributed by atoms with Gasteiger partial charge in [-0.3, -0.25) is 4.55 Å². The largest absolute Gasteiger partial charge is 0.507 e. The average Bonchev–Trinajstić information content (AvgIpc) is 2.66. The van der Waals surface area contributed by atoms with Crippen molar-refractivity contribution >= 4 is 72.6 Å². The van der Waals surface area contributed by atoms with E-state index in [0.29, 0.717) is 16.8 Å². The van der Waals surface area contributed by atoms with Gasteiger partial charge in [0.15, 0.2) is 0 Å². The molecule has 28 heavy (non-hydrogen) atoms. The van der Waals surface area contributed by atoms with E-state index in [0.717, 1.165) is 10.8 Å². The SMILES string of the molecule is O=S(=O)(O)c1ccc2c(N=Nc3cccc4ccccc34)ccc(O)c2c1.[Na]. The summed E-state index contributed by atoms with van der Waals surface area (Å²) in [4.78, 5) is -0.298. The van der Waals surface area contributed by atoms with Gasteiger partial charge < -0.3 is 5.11 Å². The van der Waals surface area contributed by atoms with E-state index in [2.05, 4.69) is 10.2 Å². The van der Waals surface area contributed by atoms with Gasteiger partial charge in [-0.15, -0.1) is 10.2 Å². The Morgan fingerprint density at radius 2 is 1.39 bits per heavy atom. The second kappa shape index (κ2) is 7.98. The van der Waals surface area contributed by atoms with Crippen LogP contribution in [0.4, 0.5) is 11.4 Å². The molecular formula is C20H14N2NaO4S. The van der Waals surface area contributed by atoms with Crippen LogP contribution in [0.2, 0.25) is 0 Å².